The summed E-state index contributed by atoms with van der Waals surface area (Å²) in [7, 11) is 0. The van der Waals surface area contributed by atoms with Crippen molar-refractivity contribution in [3.05, 3.63) is 16.1 Å². The Bertz CT molecular complexity index is 385. The van der Waals surface area contributed by atoms with E-state index in [1.165, 1.54) is 49.2 Å². The van der Waals surface area contributed by atoms with Gasteiger partial charge in [-0.2, -0.15) is 0 Å². The lowest BCUT2D eigenvalue weighted by Crippen LogP contribution is -2.45. The lowest BCUT2D eigenvalue weighted by atomic mass is 10.1. The Labute approximate surface area is 134 Å². The van der Waals surface area contributed by atoms with Crippen molar-refractivity contribution in [3.8, 4) is 0 Å². The third kappa shape index (κ3) is 5.35. The number of aromatic nitrogens is 1. The van der Waals surface area contributed by atoms with Gasteiger partial charge in [0.05, 0.1) is 11.7 Å². The van der Waals surface area contributed by atoms with Crippen LogP contribution in [0.3, 0.4) is 0 Å². The number of nitrogens with zero attached hydrogens (tertiary/aromatic N) is 2. The molecule has 120 valence electrons. The van der Waals surface area contributed by atoms with Crippen LogP contribution in [0.15, 0.2) is 5.38 Å². The number of nitrogens with one attached hydrogen (secondary N) is 1. The molecule has 1 fully saturated rings. The molecule has 1 aromatic rings. The van der Waals surface area contributed by atoms with Crippen LogP contribution in [0.1, 0.15) is 69.1 Å². The fourth-order valence-corrected chi connectivity index (χ4v) is 4.07. The van der Waals surface area contributed by atoms with Gasteiger partial charge in [-0.3, -0.25) is 4.90 Å². The van der Waals surface area contributed by atoms with Gasteiger partial charge in [0.25, 0.3) is 0 Å². The maximum absolute atomic E-state index is 4.96. The van der Waals surface area contributed by atoms with Crippen molar-refractivity contribution in [2.24, 2.45) is 0 Å². The minimum Gasteiger partial charge on any atom is -0.314 e. The van der Waals surface area contributed by atoms with Crippen molar-refractivity contribution in [2.45, 2.75) is 64.8 Å². The maximum atomic E-state index is 4.96. The van der Waals surface area contributed by atoms with E-state index in [-0.39, 0.29) is 0 Å². The molecule has 0 aliphatic carbocycles. The zero-order valence-electron chi connectivity index (χ0n) is 13.7. The summed E-state index contributed by atoms with van der Waals surface area (Å²) in [5.41, 5.74) is 1.32. The van der Waals surface area contributed by atoms with Crippen molar-refractivity contribution in [1.29, 1.82) is 0 Å². The van der Waals surface area contributed by atoms with Gasteiger partial charge in [0.15, 0.2) is 0 Å². The molecule has 0 saturated carbocycles. The van der Waals surface area contributed by atoms with Crippen LogP contribution in [0.25, 0.3) is 0 Å². The van der Waals surface area contributed by atoms with E-state index in [9.17, 15) is 0 Å². The summed E-state index contributed by atoms with van der Waals surface area (Å²) in [6.45, 7) is 9.12. The molecule has 0 amide bonds. The molecule has 21 heavy (non-hydrogen) atoms. The van der Waals surface area contributed by atoms with Crippen molar-refractivity contribution in [3.63, 3.8) is 0 Å². The third-order valence-electron chi connectivity index (χ3n) is 4.30. The number of piperazine rings is 1. The summed E-state index contributed by atoms with van der Waals surface area (Å²) in [6, 6.07) is 0.548. The van der Waals surface area contributed by atoms with Gasteiger partial charge in [-0.15, -0.1) is 11.3 Å². The van der Waals surface area contributed by atoms with E-state index in [4.69, 9.17) is 4.98 Å². The molecule has 0 radical (unpaired) electrons. The predicted molar refractivity (Wildman–Crippen MR) is 92.1 cm³/mol. The van der Waals surface area contributed by atoms with Crippen molar-refractivity contribution in [1.82, 2.24) is 15.2 Å². The first-order valence-corrected chi connectivity index (χ1v) is 9.62. The molecule has 0 bridgehead atoms. The third-order valence-corrected chi connectivity index (χ3v) is 5.29. The summed E-state index contributed by atoms with van der Waals surface area (Å²) < 4.78 is 0. The van der Waals surface area contributed by atoms with Gasteiger partial charge in [0, 0.05) is 31.6 Å². The molecular weight excluding hydrogens is 278 g/mol. The summed E-state index contributed by atoms with van der Waals surface area (Å²) in [5.74, 6) is 0. The quantitative estimate of drug-likeness (QED) is 0.699. The van der Waals surface area contributed by atoms with E-state index >= 15 is 0 Å². The average molecular weight is 310 g/mol. The standard InChI is InChI=1S/C17H31N3S/c1-3-5-6-7-9-15-14-21-17(19-15)16(8-4-2)20-12-10-18-11-13-20/h14,16,18H,3-13H2,1-2H3. The maximum Gasteiger partial charge on any atom is 0.110 e. The predicted octanol–water partition coefficient (Wildman–Crippen LogP) is 4.01. The molecule has 1 aliphatic heterocycles. The van der Waals surface area contributed by atoms with E-state index in [1.54, 1.807) is 0 Å². The van der Waals surface area contributed by atoms with Gasteiger partial charge < -0.3 is 5.32 Å². The van der Waals surface area contributed by atoms with Gasteiger partial charge in [-0.25, -0.2) is 4.98 Å². The second-order valence-electron chi connectivity index (χ2n) is 6.08. The summed E-state index contributed by atoms with van der Waals surface area (Å²) in [4.78, 5) is 7.58. The number of thiazole rings is 1. The van der Waals surface area contributed by atoms with Crippen molar-refractivity contribution in [2.75, 3.05) is 26.2 Å². The molecule has 0 spiro atoms. The highest BCUT2D eigenvalue weighted by atomic mass is 32.1. The van der Waals surface area contributed by atoms with Gasteiger partial charge in [-0.05, 0) is 19.3 Å². The van der Waals surface area contributed by atoms with Crippen molar-refractivity contribution < 1.29 is 0 Å². The van der Waals surface area contributed by atoms with Crippen LogP contribution in [-0.2, 0) is 6.42 Å². The molecule has 2 heterocycles. The molecule has 2 rings (SSSR count). The molecule has 1 atom stereocenters. The van der Waals surface area contributed by atoms with E-state index in [2.05, 4.69) is 29.4 Å². The first-order chi connectivity index (χ1) is 10.3. The first-order valence-electron chi connectivity index (χ1n) is 8.74. The van der Waals surface area contributed by atoms with Crippen LogP contribution in [0.2, 0.25) is 0 Å². The summed E-state index contributed by atoms with van der Waals surface area (Å²) in [5, 5.41) is 7.10. The highest BCUT2D eigenvalue weighted by Crippen LogP contribution is 2.29. The summed E-state index contributed by atoms with van der Waals surface area (Å²) >= 11 is 1.88. The number of rotatable bonds is 9. The van der Waals surface area contributed by atoms with Crippen molar-refractivity contribution >= 4 is 11.3 Å². The van der Waals surface area contributed by atoms with E-state index < -0.39 is 0 Å². The van der Waals surface area contributed by atoms with Crippen LogP contribution in [0, 0.1) is 0 Å². The Kier molecular flexibility index (Phi) is 7.69. The van der Waals surface area contributed by atoms with Gasteiger partial charge in [0.2, 0.25) is 0 Å². The topological polar surface area (TPSA) is 28.2 Å². The number of hydrogen-bond donors (Lipinski definition) is 1. The zero-order valence-corrected chi connectivity index (χ0v) is 14.6. The average Bonchev–Trinajstić information content (AvgIpc) is 2.98. The Morgan fingerprint density at radius 1 is 1.19 bits per heavy atom. The zero-order chi connectivity index (χ0) is 14.9. The van der Waals surface area contributed by atoms with E-state index in [0.29, 0.717) is 6.04 Å². The molecule has 1 aliphatic rings. The fraction of sp³-hybridized carbons (Fsp3) is 0.824. The second-order valence-corrected chi connectivity index (χ2v) is 6.97. The van der Waals surface area contributed by atoms with Gasteiger partial charge in [0.1, 0.15) is 5.01 Å². The number of hydrogen-bond acceptors (Lipinski definition) is 4. The van der Waals surface area contributed by atoms with Crippen LogP contribution in [0.4, 0.5) is 0 Å². The minimum atomic E-state index is 0.548. The van der Waals surface area contributed by atoms with Crippen LogP contribution >= 0.6 is 11.3 Å². The van der Waals surface area contributed by atoms with E-state index in [0.717, 1.165) is 32.6 Å². The monoisotopic (exact) mass is 309 g/mol. The molecule has 3 nitrogen and oxygen atoms in total. The lowest BCUT2D eigenvalue weighted by Gasteiger charge is -2.33. The number of aryl methyl sites for hydroxylation is 1. The molecular formula is C17H31N3S. The first kappa shape index (κ1) is 16.9. The SMILES string of the molecule is CCCCCCc1csc(C(CCC)N2CCNCC2)n1. The van der Waals surface area contributed by atoms with E-state index in [1.807, 2.05) is 11.3 Å². The normalized spacial score (nSPS) is 18.0. The molecule has 1 aromatic heterocycles. The fourth-order valence-electron chi connectivity index (χ4n) is 3.05. The molecule has 1 saturated heterocycles. The largest absolute Gasteiger partial charge is 0.314 e. The molecule has 4 heteroatoms. The van der Waals surface area contributed by atoms with Crippen LogP contribution in [0.5, 0.6) is 0 Å². The lowest BCUT2D eigenvalue weighted by molar-refractivity contribution is 0.164. The molecule has 1 unspecified atom stereocenters. The Hall–Kier alpha value is -0.450. The Morgan fingerprint density at radius 3 is 2.71 bits per heavy atom. The molecule has 1 N–H and O–H groups in total. The van der Waals surface area contributed by atoms with Gasteiger partial charge in [-0.1, -0.05) is 39.5 Å². The highest BCUT2D eigenvalue weighted by molar-refractivity contribution is 7.09. The Balaban J connectivity index is 1.91. The minimum absolute atomic E-state index is 0.548. The van der Waals surface area contributed by atoms with Gasteiger partial charge >= 0.3 is 0 Å². The molecule has 0 aromatic carbocycles. The number of unbranched alkanes of at least 4 members (excludes halogenated alkanes) is 3. The second kappa shape index (κ2) is 9.54. The van der Waals surface area contributed by atoms with Crippen LogP contribution < -0.4 is 5.32 Å². The highest BCUT2D eigenvalue weighted by Gasteiger charge is 2.23. The smallest absolute Gasteiger partial charge is 0.110 e. The summed E-state index contributed by atoms with van der Waals surface area (Å²) in [6.07, 6.45) is 8.95. The van der Waals surface area contributed by atoms with Crippen LogP contribution in [-0.4, -0.2) is 36.1 Å². The Morgan fingerprint density at radius 2 is 2.00 bits per heavy atom.